The van der Waals surface area contributed by atoms with E-state index in [9.17, 15) is 4.79 Å². The summed E-state index contributed by atoms with van der Waals surface area (Å²) in [4.78, 5) is 23.0. The highest BCUT2D eigenvalue weighted by Crippen LogP contribution is 2.24. The summed E-state index contributed by atoms with van der Waals surface area (Å²) in [5.41, 5.74) is 2.49. The Hall–Kier alpha value is -3.26. The quantitative estimate of drug-likeness (QED) is 0.537. The van der Waals surface area contributed by atoms with Gasteiger partial charge in [0.05, 0.1) is 30.3 Å². The van der Waals surface area contributed by atoms with Crippen LogP contribution in [0.2, 0.25) is 0 Å². The Balaban J connectivity index is 1.69. The molecule has 0 bridgehead atoms. The van der Waals surface area contributed by atoms with E-state index >= 15 is 0 Å². The molecule has 0 fully saturated rings. The molecule has 0 atom stereocenters. The maximum absolute atomic E-state index is 13.0. The lowest BCUT2D eigenvalue weighted by molar-refractivity contribution is 0.102. The van der Waals surface area contributed by atoms with Gasteiger partial charge in [-0.1, -0.05) is 6.07 Å². The van der Waals surface area contributed by atoms with E-state index in [-0.39, 0.29) is 5.91 Å². The van der Waals surface area contributed by atoms with E-state index in [4.69, 9.17) is 4.74 Å². The van der Waals surface area contributed by atoms with Crippen LogP contribution in [-0.2, 0) is 6.54 Å². The Morgan fingerprint density at radius 3 is 3.00 bits per heavy atom. The number of thiophene rings is 1. The first-order chi connectivity index (χ1) is 13.7. The fraction of sp³-hybridized carbons (Fsp3) is 0.200. The van der Waals surface area contributed by atoms with Gasteiger partial charge in [-0.3, -0.25) is 4.79 Å². The first-order valence-corrected chi connectivity index (χ1v) is 9.78. The molecule has 0 unspecified atom stereocenters. The zero-order valence-electron chi connectivity index (χ0n) is 15.5. The van der Waals surface area contributed by atoms with Crippen LogP contribution in [0.1, 0.15) is 27.9 Å². The van der Waals surface area contributed by atoms with Gasteiger partial charge in [-0.2, -0.15) is 5.10 Å². The summed E-state index contributed by atoms with van der Waals surface area (Å²) >= 11 is 1.66. The normalized spacial score (nSPS) is 10.9. The highest BCUT2D eigenvalue weighted by atomic mass is 32.1. The molecule has 0 saturated heterocycles. The molecule has 0 aliphatic rings. The van der Waals surface area contributed by atoms with Crippen LogP contribution in [0.4, 0.5) is 5.69 Å². The topological polar surface area (TPSA) is 81.9 Å². The number of fused-ring (bicyclic) bond motifs is 1. The zero-order valence-corrected chi connectivity index (χ0v) is 16.4. The van der Waals surface area contributed by atoms with E-state index in [0.29, 0.717) is 41.3 Å². The fourth-order valence-electron chi connectivity index (χ4n) is 2.95. The molecule has 142 valence electrons. The van der Waals surface area contributed by atoms with Gasteiger partial charge < -0.3 is 10.1 Å². The van der Waals surface area contributed by atoms with Crippen LogP contribution < -0.4 is 10.1 Å². The molecular formula is C20H19N5O2S. The van der Waals surface area contributed by atoms with Crippen LogP contribution in [0, 0.1) is 6.92 Å². The van der Waals surface area contributed by atoms with Gasteiger partial charge >= 0.3 is 0 Å². The number of aromatic nitrogens is 4. The summed E-state index contributed by atoms with van der Waals surface area (Å²) in [6.45, 7) is 4.83. The van der Waals surface area contributed by atoms with E-state index in [2.05, 4.69) is 26.4 Å². The molecule has 0 aliphatic carbocycles. The monoisotopic (exact) mass is 393 g/mol. The maximum atomic E-state index is 13.0. The lowest BCUT2D eigenvalue weighted by Crippen LogP contribution is -2.14. The van der Waals surface area contributed by atoms with Gasteiger partial charge in [0.1, 0.15) is 5.69 Å². The Morgan fingerprint density at radius 1 is 1.32 bits per heavy atom. The number of carbonyl (C=O) groups is 1. The minimum absolute atomic E-state index is 0.250. The molecule has 7 nitrogen and oxygen atoms in total. The number of ether oxygens (including phenoxy) is 1. The number of amides is 1. The number of hydrogen-bond donors (Lipinski definition) is 1. The van der Waals surface area contributed by atoms with Gasteiger partial charge in [0.2, 0.25) is 5.88 Å². The summed E-state index contributed by atoms with van der Waals surface area (Å²) in [5, 5.41) is 10.1. The second-order valence-corrected chi connectivity index (χ2v) is 7.21. The average molecular weight is 393 g/mol. The van der Waals surface area contributed by atoms with Crippen molar-refractivity contribution in [3.8, 4) is 5.88 Å². The van der Waals surface area contributed by atoms with E-state index < -0.39 is 0 Å². The third-order valence-electron chi connectivity index (χ3n) is 4.17. The molecule has 0 aromatic carbocycles. The lowest BCUT2D eigenvalue weighted by Gasteiger charge is -2.11. The second-order valence-electron chi connectivity index (χ2n) is 6.17. The van der Waals surface area contributed by atoms with Crippen LogP contribution in [0.3, 0.4) is 0 Å². The van der Waals surface area contributed by atoms with Crippen molar-refractivity contribution in [2.45, 2.75) is 20.4 Å². The second kappa shape index (κ2) is 7.77. The van der Waals surface area contributed by atoms with Crippen LogP contribution in [0.15, 0.2) is 48.1 Å². The van der Waals surface area contributed by atoms with Gasteiger partial charge in [0.15, 0.2) is 5.65 Å². The van der Waals surface area contributed by atoms with Gasteiger partial charge in [-0.25, -0.2) is 14.6 Å². The largest absolute Gasteiger partial charge is 0.476 e. The predicted molar refractivity (Wildman–Crippen MR) is 109 cm³/mol. The van der Waals surface area contributed by atoms with Crippen molar-refractivity contribution in [1.29, 1.82) is 0 Å². The Bertz CT molecular complexity index is 1120. The summed E-state index contributed by atoms with van der Waals surface area (Å²) in [5.74, 6) is 0.147. The van der Waals surface area contributed by atoms with Crippen LogP contribution in [-0.4, -0.2) is 32.3 Å². The third kappa shape index (κ3) is 3.59. The molecule has 0 saturated carbocycles. The highest BCUT2D eigenvalue weighted by Gasteiger charge is 2.18. The smallest absolute Gasteiger partial charge is 0.256 e. The number of aryl methyl sites for hydroxylation is 1. The van der Waals surface area contributed by atoms with Crippen molar-refractivity contribution in [2.24, 2.45) is 0 Å². The van der Waals surface area contributed by atoms with Gasteiger partial charge in [-0.05, 0) is 43.5 Å². The summed E-state index contributed by atoms with van der Waals surface area (Å²) < 4.78 is 7.31. The van der Waals surface area contributed by atoms with Crippen LogP contribution in [0.5, 0.6) is 5.88 Å². The van der Waals surface area contributed by atoms with E-state index in [1.165, 1.54) is 4.88 Å². The minimum atomic E-state index is -0.250. The number of pyridine rings is 2. The van der Waals surface area contributed by atoms with E-state index in [0.717, 1.165) is 5.69 Å². The van der Waals surface area contributed by atoms with Crippen LogP contribution in [0.25, 0.3) is 11.0 Å². The van der Waals surface area contributed by atoms with Crippen molar-refractivity contribution in [3.05, 3.63) is 64.2 Å². The summed E-state index contributed by atoms with van der Waals surface area (Å²) in [6.07, 6.45) is 3.32. The Labute approximate surface area is 166 Å². The summed E-state index contributed by atoms with van der Waals surface area (Å²) in [7, 11) is 0. The molecule has 28 heavy (non-hydrogen) atoms. The Morgan fingerprint density at radius 2 is 2.21 bits per heavy atom. The minimum Gasteiger partial charge on any atom is -0.476 e. The number of carbonyl (C=O) groups excluding carboxylic acids is 1. The standard InChI is InChI=1S/C20H19N5O2S/c1-3-27-20-17(7-4-8-21-20)24-19(26)15-10-13(2)23-18-16(15)11-22-25(18)12-14-6-5-9-28-14/h4-11H,3,12H2,1-2H3,(H,24,26). The molecule has 4 rings (SSSR count). The summed E-state index contributed by atoms with van der Waals surface area (Å²) in [6, 6.07) is 9.35. The third-order valence-corrected chi connectivity index (χ3v) is 5.03. The van der Waals surface area contributed by atoms with Crippen LogP contribution >= 0.6 is 11.3 Å². The molecule has 8 heteroatoms. The molecule has 4 heterocycles. The predicted octanol–water partition coefficient (Wildman–Crippen LogP) is 3.90. The number of hydrogen-bond acceptors (Lipinski definition) is 6. The molecule has 0 spiro atoms. The zero-order chi connectivity index (χ0) is 19.5. The molecule has 1 amide bonds. The van der Waals surface area contributed by atoms with E-state index in [1.54, 1.807) is 41.9 Å². The number of anilines is 1. The number of nitrogens with one attached hydrogen (secondary N) is 1. The highest BCUT2D eigenvalue weighted by molar-refractivity contribution is 7.09. The molecule has 1 N–H and O–H groups in total. The number of nitrogens with zero attached hydrogens (tertiary/aromatic N) is 4. The van der Waals surface area contributed by atoms with Crippen molar-refractivity contribution in [3.63, 3.8) is 0 Å². The molecule has 0 radical (unpaired) electrons. The Kier molecular flexibility index (Phi) is 5.03. The average Bonchev–Trinajstić information content (AvgIpc) is 3.34. The van der Waals surface area contributed by atoms with Crippen molar-refractivity contribution in [1.82, 2.24) is 19.7 Å². The fourth-order valence-corrected chi connectivity index (χ4v) is 3.64. The molecule has 0 aliphatic heterocycles. The molecule has 4 aromatic heterocycles. The van der Waals surface area contributed by atoms with Gasteiger partial charge in [0, 0.05) is 16.8 Å². The molecular weight excluding hydrogens is 374 g/mol. The first kappa shape index (κ1) is 18.1. The van der Waals surface area contributed by atoms with Crippen molar-refractivity contribution in [2.75, 3.05) is 11.9 Å². The number of rotatable bonds is 6. The SMILES string of the molecule is CCOc1ncccc1NC(=O)c1cc(C)nc2c1cnn2Cc1cccs1. The maximum Gasteiger partial charge on any atom is 0.256 e. The first-order valence-electron chi connectivity index (χ1n) is 8.90. The van der Waals surface area contributed by atoms with Crippen molar-refractivity contribution >= 4 is 34.0 Å². The van der Waals surface area contributed by atoms with E-state index in [1.807, 2.05) is 30.0 Å². The van der Waals surface area contributed by atoms with Crippen molar-refractivity contribution < 1.29 is 9.53 Å². The molecule has 4 aromatic rings. The lowest BCUT2D eigenvalue weighted by atomic mass is 10.1. The van der Waals surface area contributed by atoms with Gasteiger partial charge in [0.25, 0.3) is 5.91 Å². The van der Waals surface area contributed by atoms with Gasteiger partial charge in [-0.15, -0.1) is 11.3 Å².